The van der Waals surface area contributed by atoms with Crippen molar-refractivity contribution in [2.45, 2.75) is 37.6 Å². The van der Waals surface area contributed by atoms with Crippen LogP contribution in [0.15, 0.2) is 65.8 Å². The van der Waals surface area contributed by atoms with Crippen LogP contribution < -0.4 is 4.72 Å². The number of sulfonamides is 1. The van der Waals surface area contributed by atoms with Gasteiger partial charge in [0.15, 0.2) is 0 Å². The second-order valence-electron chi connectivity index (χ2n) is 6.41. The van der Waals surface area contributed by atoms with Crippen LogP contribution in [0.5, 0.6) is 0 Å². The van der Waals surface area contributed by atoms with Crippen LogP contribution in [0, 0.1) is 0 Å². The summed E-state index contributed by atoms with van der Waals surface area (Å²) < 4.78 is 29.4. The average Bonchev–Trinajstić information content (AvgIpc) is 3.08. The Bertz CT molecular complexity index is 981. The molecule has 1 N–H and O–H groups in total. The van der Waals surface area contributed by atoms with Crippen molar-refractivity contribution in [2.75, 3.05) is 4.72 Å². The van der Waals surface area contributed by atoms with E-state index in [1.54, 1.807) is 23.0 Å². The zero-order chi connectivity index (χ0) is 19.3. The Morgan fingerprint density at radius 1 is 1.04 bits per heavy atom. The van der Waals surface area contributed by atoms with Crippen LogP contribution in [0.3, 0.4) is 0 Å². The van der Waals surface area contributed by atoms with Gasteiger partial charge >= 0.3 is 0 Å². The number of rotatable bonds is 8. The molecule has 0 saturated carbocycles. The summed E-state index contributed by atoms with van der Waals surface area (Å²) >= 11 is 5.89. The highest BCUT2D eigenvalue weighted by atomic mass is 35.5. The predicted octanol–water partition coefficient (Wildman–Crippen LogP) is 4.73. The van der Waals surface area contributed by atoms with Crippen molar-refractivity contribution >= 4 is 27.3 Å². The van der Waals surface area contributed by atoms with Gasteiger partial charge in [-0.15, -0.1) is 0 Å². The summed E-state index contributed by atoms with van der Waals surface area (Å²) in [6, 6.07) is 14.5. The Hall–Kier alpha value is -2.31. The fourth-order valence-electron chi connectivity index (χ4n) is 2.71. The van der Waals surface area contributed by atoms with E-state index >= 15 is 0 Å². The van der Waals surface area contributed by atoms with Crippen LogP contribution in [0.2, 0.25) is 5.02 Å². The normalized spacial score (nSPS) is 11.5. The minimum atomic E-state index is -3.64. The van der Waals surface area contributed by atoms with Crippen molar-refractivity contribution in [3.05, 3.63) is 77.1 Å². The number of hydrogen-bond donors (Lipinski definition) is 1. The zero-order valence-electron chi connectivity index (χ0n) is 15.1. The van der Waals surface area contributed by atoms with Gasteiger partial charge in [-0.1, -0.05) is 49.2 Å². The standard InChI is InChI=1S/C20H22ClN3O2S/c1-2-3-4-16-7-11-20(12-8-16)27(25,26)23-19-13-22-24(15-19)14-17-5-9-18(21)10-6-17/h5-13,15,23H,2-4,14H2,1H3. The van der Waals surface area contributed by atoms with Gasteiger partial charge < -0.3 is 0 Å². The van der Waals surface area contributed by atoms with Crippen LogP contribution in [0.4, 0.5) is 5.69 Å². The lowest BCUT2D eigenvalue weighted by atomic mass is 10.1. The number of aryl methyl sites for hydroxylation is 1. The Kier molecular flexibility index (Phi) is 6.19. The average molecular weight is 404 g/mol. The maximum atomic E-state index is 12.6. The number of benzene rings is 2. The molecule has 27 heavy (non-hydrogen) atoms. The van der Waals surface area contributed by atoms with Crippen LogP contribution in [0.25, 0.3) is 0 Å². The number of nitrogens with zero attached hydrogens (tertiary/aromatic N) is 2. The molecule has 0 unspecified atom stereocenters. The second-order valence-corrected chi connectivity index (χ2v) is 8.52. The van der Waals surface area contributed by atoms with Crippen molar-refractivity contribution in [3.63, 3.8) is 0 Å². The van der Waals surface area contributed by atoms with Gasteiger partial charge in [-0.25, -0.2) is 8.42 Å². The molecule has 0 aliphatic heterocycles. The molecular weight excluding hydrogens is 382 g/mol. The van der Waals surface area contributed by atoms with Crippen molar-refractivity contribution < 1.29 is 8.42 Å². The molecule has 1 aromatic heterocycles. The minimum absolute atomic E-state index is 0.244. The maximum Gasteiger partial charge on any atom is 0.261 e. The molecule has 7 heteroatoms. The fourth-order valence-corrected chi connectivity index (χ4v) is 3.86. The van der Waals surface area contributed by atoms with E-state index in [1.165, 1.54) is 6.20 Å². The number of aromatic nitrogens is 2. The third kappa shape index (κ3) is 5.34. The molecular formula is C20H22ClN3O2S. The van der Waals surface area contributed by atoms with Gasteiger partial charge in [-0.05, 0) is 48.2 Å². The lowest BCUT2D eigenvalue weighted by Crippen LogP contribution is -2.12. The van der Waals surface area contributed by atoms with Crippen LogP contribution in [0.1, 0.15) is 30.9 Å². The molecule has 0 amide bonds. The van der Waals surface area contributed by atoms with Crippen molar-refractivity contribution in [1.82, 2.24) is 9.78 Å². The molecule has 0 bridgehead atoms. The molecule has 3 aromatic rings. The third-order valence-electron chi connectivity index (χ3n) is 4.20. The maximum absolute atomic E-state index is 12.6. The predicted molar refractivity (Wildman–Crippen MR) is 109 cm³/mol. The summed E-state index contributed by atoms with van der Waals surface area (Å²) in [7, 11) is -3.64. The van der Waals surface area contributed by atoms with Gasteiger partial charge in [0, 0.05) is 11.2 Å². The molecule has 2 aromatic carbocycles. The summed E-state index contributed by atoms with van der Waals surface area (Å²) in [6.07, 6.45) is 6.34. The Morgan fingerprint density at radius 2 is 1.70 bits per heavy atom. The monoisotopic (exact) mass is 403 g/mol. The molecule has 0 aliphatic carbocycles. The van der Waals surface area contributed by atoms with Gasteiger partial charge in [-0.2, -0.15) is 5.10 Å². The largest absolute Gasteiger partial charge is 0.276 e. The number of anilines is 1. The zero-order valence-corrected chi connectivity index (χ0v) is 16.7. The topological polar surface area (TPSA) is 64.0 Å². The first-order chi connectivity index (χ1) is 13.0. The van der Waals surface area contributed by atoms with Crippen molar-refractivity contribution in [1.29, 1.82) is 0 Å². The van der Waals surface area contributed by atoms with E-state index in [0.29, 0.717) is 17.3 Å². The molecule has 0 radical (unpaired) electrons. The van der Waals surface area contributed by atoms with Gasteiger partial charge in [0.1, 0.15) is 0 Å². The highest BCUT2D eigenvalue weighted by molar-refractivity contribution is 7.92. The van der Waals surface area contributed by atoms with Crippen molar-refractivity contribution in [3.8, 4) is 0 Å². The van der Waals surface area contributed by atoms with E-state index in [2.05, 4.69) is 16.7 Å². The molecule has 0 atom stereocenters. The van der Waals surface area contributed by atoms with E-state index in [-0.39, 0.29) is 4.90 Å². The summed E-state index contributed by atoms with van der Waals surface area (Å²) in [4.78, 5) is 0.244. The van der Waals surface area contributed by atoms with E-state index < -0.39 is 10.0 Å². The number of hydrogen-bond acceptors (Lipinski definition) is 3. The van der Waals surface area contributed by atoms with E-state index in [1.807, 2.05) is 36.4 Å². The molecule has 0 saturated heterocycles. The third-order valence-corrected chi connectivity index (χ3v) is 5.85. The number of nitrogens with one attached hydrogen (secondary N) is 1. The van der Waals surface area contributed by atoms with Gasteiger partial charge in [0.25, 0.3) is 10.0 Å². The van der Waals surface area contributed by atoms with E-state index in [9.17, 15) is 8.42 Å². The van der Waals surface area contributed by atoms with Gasteiger partial charge in [0.05, 0.1) is 23.3 Å². The van der Waals surface area contributed by atoms with E-state index in [0.717, 1.165) is 30.4 Å². The molecule has 5 nitrogen and oxygen atoms in total. The molecule has 142 valence electrons. The molecule has 0 fully saturated rings. The summed E-state index contributed by atoms with van der Waals surface area (Å²) in [5, 5.41) is 4.89. The molecule has 0 spiro atoms. The summed E-state index contributed by atoms with van der Waals surface area (Å²) in [5.41, 5.74) is 2.60. The number of halogens is 1. The van der Waals surface area contributed by atoms with E-state index in [4.69, 9.17) is 11.6 Å². The first kappa shape index (κ1) is 19.5. The highest BCUT2D eigenvalue weighted by Gasteiger charge is 2.15. The minimum Gasteiger partial charge on any atom is -0.276 e. The van der Waals surface area contributed by atoms with Gasteiger partial charge in [-0.3, -0.25) is 9.40 Å². The summed E-state index contributed by atoms with van der Waals surface area (Å²) in [6.45, 7) is 2.67. The Morgan fingerprint density at radius 3 is 2.37 bits per heavy atom. The molecule has 1 heterocycles. The molecule has 3 rings (SSSR count). The first-order valence-corrected chi connectivity index (χ1v) is 10.7. The van der Waals surface area contributed by atoms with Crippen LogP contribution >= 0.6 is 11.6 Å². The fraction of sp³-hybridized carbons (Fsp3) is 0.250. The highest BCUT2D eigenvalue weighted by Crippen LogP contribution is 2.18. The Labute approximate surface area is 165 Å². The lowest BCUT2D eigenvalue weighted by molar-refractivity contribution is 0.601. The smallest absolute Gasteiger partial charge is 0.261 e. The quantitative estimate of drug-likeness (QED) is 0.591. The SMILES string of the molecule is CCCCc1ccc(S(=O)(=O)Nc2cnn(Cc3ccc(Cl)cc3)c2)cc1. The van der Waals surface area contributed by atoms with Gasteiger partial charge in [0.2, 0.25) is 0 Å². The first-order valence-electron chi connectivity index (χ1n) is 8.85. The van der Waals surface area contributed by atoms with Crippen LogP contribution in [-0.2, 0) is 23.0 Å². The molecule has 0 aliphatic rings. The Balaban J connectivity index is 1.67. The summed E-state index contributed by atoms with van der Waals surface area (Å²) in [5.74, 6) is 0. The van der Waals surface area contributed by atoms with Crippen molar-refractivity contribution in [2.24, 2.45) is 0 Å². The second kappa shape index (κ2) is 8.59. The number of unbranched alkanes of at least 4 members (excludes halogenated alkanes) is 1. The van der Waals surface area contributed by atoms with Crippen LogP contribution in [-0.4, -0.2) is 18.2 Å². The lowest BCUT2D eigenvalue weighted by Gasteiger charge is -2.07.